The molecule has 1 saturated carbocycles. The first-order valence-corrected chi connectivity index (χ1v) is 8.39. The van der Waals surface area contributed by atoms with Crippen LogP contribution in [0.5, 0.6) is 0 Å². The van der Waals surface area contributed by atoms with Gasteiger partial charge in [0.15, 0.2) is 0 Å². The third-order valence-corrected chi connectivity index (χ3v) is 4.87. The minimum absolute atomic E-state index is 0.192. The number of rotatable bonds is 8. The van der Waals surface area contributed by atoms with Gasteiger partial charge in [-0.25, -0.2) is 0 Å². The molecule has 0 aromatic carbocycles. The predicted octanol–water partition coefficient (Wildman–Crippen LogP) is 3.46. The third-order valence-electron chi connectivity index (χ3n) is 4.87. The molecule has 0 radical (unpaired) electrons. The molecule has 4 nitrogen and oxygen atoms in total. The summed E-state index contributed by atoms with van der Waals surface area (Å²) in [6.07, 6.45) is 6.14. The lowest BCUT2D eigenvalue weighted by atomic mass is 9.82. The standard InChI is InChI=1S/C17H31NO3/c1-12(2)14(8-9-16(19)20)10-11-18-17(21)15-6-4-13(3)5-7-15/h12-15H,4-11H2,1-3H3,(H,18,21)(H,19,20). The molecule has 0 aromatic rings. The van der Waals surface area contributed by atoms with E-state index in [9.17, 15) is 9.59 Å². The molecule has 1 fully saturated rings. The van der Waals surface area contributed by atoms with Gasteiger partial charge in [-0.3, -0.25) is 9.59 Å². The van der Waals surface area contributed by atoms with E-state index in [1.165, 1.54) is 0 Å². The Morgan fingerprint density at radius 3 is 2.29 bits per heavy atom. The Balaban J connectivity index is 2.26. The largest absolute Gasteiger partial charge is 0.481 e. The normalized spacial score (nSPS) is 23.8. The van der Waals surface area contributed by atoms with Gasteiger partial charge in [0.2, 0.25) is 5.91 Å². The van der Waals surface area contributed by atoms with Crippen molar-refractivity contribution in [3.63, 3.8) is 0 Å². The molecule has 1 aliphatic rings. The Morgan fingerprint density at radius 1 is 1.14 bits per heavy atom. The maximum absolute atomic E-state index is 12.1. The Bertz CT molecular complexity index is 333. The summed E-state index contributed by atoms with van der Waals surface area (Å²) >= 11 is 0. The van der Waals surface area contributed by atoms with Gasteiger partial charge < -0.3 is 10.4 Å². The number of hydrogen-bond acceptors (Lipinski definition) is 2. The van der Waals surface area contributed by atoms with Gasteiger partial charge in [0.05, 0.1) is 0 Å². The fourth-order valence-electron chi connectivity index (χ4n) is 3.17. The van der Waals surface area contributed by atoms with Crippen LogP contribution in [0.25, 0.3) is 0 Å². The van der Waals surface area contributed by atoms with E-state index in [1.54, 1.807) is 0 Å². The number of carboxylic acid groups (broad SMARTS) is 1. The van der Waals surface area contributed by atoms with E-state index in [0.29, 0.717) is 24.8 Å². The van der Waals surface area contributed by atoms with E-state index in [1.807, 2.05) is 0 Å². The summed E-state index contributed by atoms with van der Waals surface area (Å²) in [5, 5.41) is 11.8. The van der Waals surface area contributed by atoms with E-state index < -0.39 is 5.97 Å². The molecule has 1 unspecified atom stereocenters. The summed E-state index contributed by atoms with van der Waals surface area (Å²) < 4.78 is 0. The first-order chi connectivity index (χ1) is 9.90. The average Bonchev–Trinajstić information content (AvgIpc) is 2.42. The summed E-state index contributed by atoms with van der Waals surface area (Å²) in [4.78, 5) is 22.8. The summed E-state index contributed by atoms with van der Waals surface area (Å²) in [7, 11) is 0. The van der Waals surface area contributed by atoms with Crippen molar-refractivity contribution in [2.45, 2.75) is 65.7 Å². The Labute approximate surface area is 128 Å². The zero-order valence-corrected chi connectivity index (χ0v) is 13.7. The zero-order chi connectivity index (χ0) is 15.8. The number of aliphatic carboxylic acids is 1. The second-order valence-corrected chi connectivity index (χ2v) is 6.97. The van der Waals surface area contributed by atoms with Crippen molar-refractivity contribution in [2.24, 2.45) is 23.7 Å². The maximum atomic E-state index is 12.1. The topological polar surface area (TPSA) is 66.4 Å². The SMILES string of the molecule is CC1CCC(C(=O)NCCC(CCC(=O)O)C(C)C)CC1. The van der Waals surface area contributed by atoms with Crippen LogP contribution in [0.2, 0.25) is 0 Å². The Kier molecular flexibility index (Phi) is 7.76. The van der Waals surface area contributed by atoms with Crippen LogP contribution >= 0.6 is 0 Å². The van der Waals surface area contributed by atoms with E-state index in [0.717, 1.165) is 38.0 Å². The molecule has 0 heterocycles. The van der Waals surface area contributed by atoms with Crippen LogP contribution in [0.1, 0.15) is 65.7 Å². The van der Waals surface area contributed by atoms with Crippen molar-refractivity contribution < 1.29 is 14.7 Å². The molecular weight excluding hydrogens is 266 g/mol. The molecule has 1 aliphatic carbocycles. The van der Waals surface area contributed by atoms with Gasteiger partial charge in [0.1, 0.15) is 0 Å². The zero-order valence-electron chi connectivity index (χ0n) is 13.7. The highest BCUT2D eigenvalue weighted by Crippen LogP contribution is 2.28. The molecule has 0 saturated heterocycles. The second kappa shape index (κ2) is 9.06. The number of carboxylic acids is 1. The fraction of sp³-hybridized carbons (Fsp3) is 0.882. The minimum Gasteiger partial charge on any atom is -0.481 e. The second-order valence-electron chi connectivity index (χ2n) is 6.97. The van der Waals surface area contributed by atoms with Crippen LogP contribution in [-0.4, -0.2) is 23.5 Å². The van der Waals surface area contributed by atoms with Crippen LogP contribution in [0.4, 0.5) is 0 Å². The fourth-order valence-corrected chi connectivity index (χ4v) is 3.17. The molecule has 1 atom stereocenters. The van der Waals surface area contributed by atoms with Gasteiger partial charge in [0.25, 0.3) is 0 Å². The Morgan fingerprint density at radius 2 is 1.76 bits per heavy atom. The first-order valence-electron chi connectivity index (χ1n) is 8.39. The monoisotopic (exact) mass is 297 g/mol. The lowest BCUT2D eigenvalue weighted by Gasteiger charge is -2.26. The summed E-state index contributed by atoms with van der Waals surface area (Å²) in [6.45, 7) is 7.17. The highest BCUT2D eigenvalue weighted by molar-refractivity contribution is 5.78. The van der Waals surface area contributed by atoms with Crippen LogP contribution < -0.4 is 5.32 Å². The maximum Gasteiger partial charge on any atom is 0.303 e. The van der Waals surface area contributed by atoms with Crippen molar-refractivity contribution in [3.05, 3.63) is 0 Å². The molecular formula is C17H31NO3. The molecule has 0 aliphatic heterocycles. The highest BCUT2D eigenvalue weighted by Gasteiger charge is 2.24. The lowest BCUT2D eigenvalue weighted by Crippen LogP contribution is -2.34. The van der Waals surface area contributed by atoms with Crippen LogP contribution in [0.15, 0.2) is 0 Å². The van der Waals surface area contributed by atoms with Crippen LogP contribution in [0, 0.1) is 23.7 Å². The number of carbonyl (C=O) groups excluding carboxylic acids is 1. The molecule has 2 N–H and O–H groups in total. The van der Waals surface area contributed by atoms with Gasteiger partial charge in [-0.2, -0.15) is 0 Å². The molecule has 4 heteroatoms. The van der Waals surface area contributed by atoms with E-state index >= 15 is 0 Å². The quantitative estimate of drug-likeness (QED) is 0.721. The molecule has 122 valence electrons. The Hall–Kier alpha value is -1.06. The number of amides is 1. The molecule has 1 rings (SSSR count). The van der Waals surface area contributed by atoms with Gasteiger partial charge in [-0.1, -0.05) is 20.8 Å². The third kappa shape index (κ3) is 6.96. The summed E-state index contributed by atoms with van der Waals surface area (Å²) in [5.41, 5.74) is 0. The lowest BCUT2D eigenvalue weighted by molar-refractivity contribution is -0.137. The predicted molar refractivity (Wildman–Crippen MR) is 83.9 cm³/mol. The smallest absolute Gasteiger partial charge is 0.303 e. The molecule has 0 spiro atoms. The highest BCUT2D eigenvalue weighted by atomic mass is 16.4. The minimum atomic E-state index is -0.735. The van der Waals surface area contributed by atoms with Crippen molar-refractivity contribution >= 4 is 11.9 Å². The average molecular weight is 297 g/mol. The van der Waals surface area contributed by atoms with Crippen molar-refractivity contribution in [1.82, 2.24) is 5.32 Å². The van der Waals surface area contributed by atoms with Crippen LogP contribution in [0.3, 0.4) is 0 Å². The van der Waals surface area contributed by atoms with Crippen molar-refractivity contribution in [3.8, 4) is 0 Å². The number of carbonyl (C=O) groups is 2. The van der Waals surface area contributed by atoms with Gasteiger partial charge in [0, 0.05) is 18.9 Å². The van der Waals surface area contributed by atoms with Gasteiger partial charge >= 0.3 is 5.97 Å². The first kappa shape index (κ1) is 18.0. The number of hydrogen-bond donors (Lipinski definition) is 2. The van der Waals surface area contributed by atoms with Gasteiger partial charge in [-0.05, 0) is 56.3 Å². The summed E-state index contributed by atoms with van der Waals surface area (Å²) in [5.74, 6) is 1.24. The van der Waals surface area contributed by atoms with E-state index in [-0.39, 0.29) is 18.2 Å². The van der Waals surface area contributed by atoms with Crippen LogP contribution in [-0.2, 0) is 9.59 Å². The van der Waals surface area contributed by atoms with E-state index in [4.69, 9.17) is 5.11 Å². The molecule has 1 amide bonds. The molecule has 0 bridgehead atoms. The van der Waals surface area contributed by atoms with Crippen molar-refractivity contribution in [2.75, 3.05) is 6.54 Å². The van der Waals surface area contributed by atoms with Crippen molar-refractivity contribution in [1.29, 1.82) is 0 Å². The van der Waals surface area contributed by atoms with Gasteiger partial charge in [-0.15, -0.1) is 0 Å². The molecule has 21 heavy (non-hydrogen) atoms. The molecule has 0 aromatic heterocycles. The number of nitrogens with one attached hydrogen (secondary N) is 1. The summed E-state index contributed by atoms with van der Waals surface area (Å²) in [6, 6.07) is 0. The van der Waals surface area contributed by atoms with E-state index in [2.05, 4.69) is 26.1 Å².